The molecule has 24 heavy (non-hydrogen) atoms. The number of fused-ring (bicyclic) bond motifs is 2. The fraction of sp³-hybridized carbons (Fsp3) is 0.235. The van der Waals surface area contributed by atoms with Crippen LogP contribution in [0.1, 0.15) is 24.0 Å². The van der Waals surface area contributed by atoms with Crippen molar-refractivity contribution in [2.45, 2.75) is 30.6 Å². The van der Waals surface area contributed by atoms with E-state index in [0.717, 1.165) is 31.2 Å². The molecule has 1 aliphatic carbocycles. The third kappa shape index (κ3) is 2.60. The van der Waals surface area contributed by atoms with E-state index in [9.17, 15) is 13.2 Å². The monoisotopic (exact) mass is 344 g/mol. The summed E-state index contributed by atoms with van der Waals surface area (Å²) >= 11 is 0. The Kier molecular flexibility index (Phi) is 3.45. The van der Waals surface area contributed by atoms with Crippen LogP contribution < -0.4 is 10.5 Å². The van der Waals surface area contributed by atoms with Crippen LogP contribution in [-0.4, -0.2) is 13.4 Å². The Labute approximate surface area is 138 Å². The molecular formula is C17H16N2O4S. The lowest BCUT2D eigenvalue weighted by Crippen LogP contribution is -2.16. The van der Waals surface area contributed by atoms with Crippen molar-refractivity contribution in [3.63, 3.8) is 0 Å². The molecule has 7 heteroatoms. The maximum atomic E-state index is 12.7. The van der Waals surface area contributed by atoms with Gasteiger partial charge in [0, 0.05) is 6.07 Å². The van der Waals surface area contributed by atoms with Gasteiger partial charge in [-0.1, -0.05) is 12.1 Å². The standard InChI is InChI=1S/C17H16N2O4S/c20-17-18-15-9-8-12(10-16(15)23-17)24(21,22)19-14-7-3-5-11-4-1-2-6-13(11)14/h3,5,7-10,19H,1-2,4,6H2,(H,18,20). The molecule has 0 fully saturated rings. The minimum atomic E-state index is -3.75. The van der Waals surface area contributed by atoms with Gasteiger partial charge in [0.2, 0.25) is 0 Å². The van der Waals surface area contributed by atoms with Crippen molar-refractivity contribution in [3.8, 4) is 0 Å². The maximum absolute atomic E-state index is 12.7. The van der Waals surface area contributed by atoms with Gasteiger partial charge in [0.1, 0.15) is 0 Å². The smallest absolute Gasteiger partial charge is 0.408 e. The van der Waals surface area contributed by atoms with Crippen molar-refractivity contribution in [3.05, 3.63) is 58.1 Å². The van der Waals surface area contributed by atoms with E-state index in [2.05, 4.69) is 9.71 Å². The molecule has 2 N–H and O–H groups in total. The molecule has 124 valence electrons. The highest BCUT2D eigenvalue weighted by atomic mass is 32.2. The number of H-pyrrole nitrogens is 1. The Morgan fingerprint density at radius 3 is 2.79 bits per heavy atom. The molecule has 0 aliphatic heterocycles. The molecule has 0 amide bonds. The largest absolute Gasteiger partial charge is 0.417 e. The number of rotatable bonds is 3. The second-order valence-corrected chi connectivity index (χ2v) is 7.61. The molecule has 0 bridgehead atoms. The van der Waals surface area contributed by atoms with Crippen molar-refractivity contribution in [2.24, 2.45) is 0 Å². The second kappa shape index (κ2) is 5.52. The molecule has 0 saturated heterocycles. The molecule has 3 aromatic rings. The highest BCUT2D eigenvalue weighted by Gasteiger charge is 2.20. The summed E-state index contributed by atoms with van der Waals surface area (Å²) < 4.78 is 33.0. The molecule has 0 saturated carbocycles. The molecule has 6 nitrogen and oxygen atoms in total. The maximum Gasteiger partial charge on any atom is 0.417 e. The van der Waals surface area contributed by atoms with Gasteiger partial charge >= 0.3 is 5.76 Å². The number of aryl methyl sites for hydroxylation is 1. The number of benzene rings is 2. The second-order valence-electron chi connectivity index (χ2n) is 5.93. The van der Waals surface area contributed by atoms with Gasteiger partial charge < -0.3 is 4.42 Å². The zero-order valence-electron chi connectivity index (χ0n) is 12.8. The van der Waals surface area contributed by atoms with Gasteiger partial charge in [-0.15, -0.1) is 0 Å². The van der Waals surface area contributed by atoms with Crippen LogP contribution in [0.15, 0.2) is 50.5 Å². The van der Waals surface area contributed by atoms with Gasteiger partial charge in [-0.25, -0.2) is 13.2 Å². The number of hydrogen-bond acceptors (Lipinski definition) is 4. The Bertz CT molecular complexity index is 1080. The van der Waals surface area contributed by atoms with Crippen LogP contribution >= 0.6 is 0 Å². The van der Waals surface area contributed by atoms with Crippen LogP contribution in [0.2, 0.25) is 0 Å². The zero-order chi connectivity index (χ0) is 16.7. The van der Waals surface area contributed by atoms with E-state index in [-0.39, 0.29) is 10.5 Å². The van der Waals surface area contributed by atoms with Crippen molar-refractivity contribution in [2.75, 3.05) is 4.72 Å². The number of aromatic nitrogens is 1. The van der Waals surface area contributed by atoms with E-state index in [1.807, 2.05) is 12.1 Å². The summed E-state index contributed by atoms with van der Waals surface area (Å²) in [5.74, 6) is -0.607. The first-order chi connectivity index (χ1) is 11.5. The van der Waals surface area contributed by atoms with Crippen molar-refractivity contribution in [1.29, 1.82) is 0 Å². The summed E-state index contributed by atoms with van der Waals surface area (Å²) in [6, 6.07) is 10.0. The van der Waals surface area contributed by atoms with E-state index in [1.54, 1.807) is 6.07 Å². The van der Waals surface area contributed by atoms with E-state index < -0.39 is 15.8 Å². The summed E-state index contributed by atoms with van der Waals surface area (Å²) in [4.78, 5) is 13.8. The highest BCUT2D eigenvalue weighted by molar-refractivity contribution is 7.92. The highest BCUT2D eigenvalue weighted by Crippen LogP contribution is 2.29. The van der Waals surface area contributed by atoms with Crippen molar-refractivity contribution >= 4 is 26.8 Å². The van der Waals surface area contributed by atoms with Crippen LogP contribution in [0.4, 0.5) is 5.69 Å². The normalized spacial score (nSPS) is 14.5. The summed E-state index contributed by atoms with van der Waals surface area (Å²) in [6.45, 7) is 0. The molecule has 0 spiro atoms. The molecule has 2 aromatic carbocycles. The number of anilines is 1. The van der Waals surface area contributed by atoms with E-state index in [4.69, 9.17) is 4.42 Å². The first kappa shape index (κ1) is 15.0. The van der Waals surface area contributed by atoms with Gasteiger partial charge in [-0.3, -0.25) is 9.71 Å². The number of sulfonamides is 1. The minimum absolute atomic E-state index is 0.0613. The molecule has 0 atom stereocenters. The number of oxazole rings is 1. The quantitative estimate of drug-likeness (QED) is 0.764. The fourth-order valence-corrected chi connectivity index (χ4v) is 4.28. The first-order valence-corrected chi connectivity index (χ1v) is 9.28. The topological polar surface area (TPSA) is 92.2 Å². The minimum Gasteiger partial charge on any atom is -0.408 e. The van der Waals surface area contributed by atoms with Crippen LogP contribution in [0.5, 0.6) is 0 Å². The molecule has 0 unspecified atom stereocenters. The third-order valence-corrected chi connectivity index (χ3v) is 5.71. The first-order valence-electron chi connectivity index (χ1n) is 7.79. The number of hydrogen-bond donors (Lipinski definition) is 2. The van der Waals surface area contributed by atoms with Crippen LogP contribution in [0.3, 0.4) is 0 Å². The molecule has 4 rings (SSSR count). The Morgan fingerprint density at radius 1 is 1.08 bits per heavy atom. The van der Waals surface area contributed by atoms with Crippen LogP contribution in [-0.2, 0) is 22.9 Å². The Balaban J connectivity index is 1.73. The number of aromatic amines is 1. The molecule has 1 aromatic heterocycles. The van der Waals surface area contributed by atoms with Gasteiger partial charge in [0.25, 0.3) is 10.0 Å². The van der Waals surface area contributed by atoms with Crippen LogP contribution in [0, 0.1) is 0 Å². The summed E-state index contributed by atoms with van der Waals surface area (Å²) in [5, 5.41) is 0. The Morgan fingerprint density at radius 2 is 1.92 bits per heavy atom. The lowest BCUT2D eigenvalue weighted by Gasteiger charge is -2.20. The predicted octanol–water partition coefficient (Wildman–Crippen LogP) is 2.80. The molecule has 0 radical (unpaired) electrons. The van der Waals surface area contributed by atoms with Gasteiger partial charge in [0.15, 0.2) is 5.58 Å². The zero-order valence-corrected chi connectivity index (χ0v) is 13.7. The van der Waals surface area contributed by atoms with Gasteiger partial charge in [-0.05, 0) is 55.0 Å². The van der Waals surface area contributed by atoms with Crippen molar-refractivity contribution in [1.82, 2.24) is 4.98 Å². The van der Waals surface area contributed by atoms with E-state index in [0.29, 0.717) is 11.2 Å². The summed E-state index contributed by atoms with van der Waals surface area (Å²) in [6.07, 6.45) is 4.05. The van der Waals surface area contributed by atoms with E-state index >= 15 is 0 Å². The van der Waals surface area contributed by atoms with Gasteiger partial charge in [0.05, 0.1) is 16.1 Å². The van der Waals surface area contributed by atoms with E-state index in [1.165, 1.54) is 23.8 Å². The third-order valence-electron chi connectivity index (χ3n) is 4.34. The van der Waals surface area contributed by atoms with Gasteiger partial charge in [-0.2, -0.15) is 0 Å². The lowest BCUT2D eigenvalue weighted by molar-refractivity contribution is 0.554. The predicted molar refractivity (Wildman–Crippen MR) is 90.7 cm³/mol. The summed E-state index contributed by atoms with van der Waals surface area (Å²) in [5.41, 5.74) is 3.59. The van der Waals surface area contributed by atoms with Crippen LogP contribution in [0.25, 0.3) is 11.1 Å². The average molecular weight is 344 g/mol. The fourth-order valence-electron chi connectivity index (χ4n) is 3.17. The van der Waals surface area contributed by atoms with Crippen molar-refractivity contribution < 1.29 is 12.8 Å². The molecule has 1 aliphatic rings. The average Bonchev–Trinajstić information content (AvgIpc) is 2.94. The molecule has 1 heterocycles. The number of nitrogens with one attached hydrogen (secondary N) is 2. The SMILES string of the molecule is O=c1[nH]c2ccc(S(=O)(=O)Nc3cccc4c3CCCC4)cc2o1. The molecular weight excluding hydrogens is 328 g/mol. The summed E-state index contributed by atoms with van der Waals surface area (Å²) in [7, 11) is -3.75. The lowest BCUT2D eigenvalue weighted by atomic mass is 9.91. The Hall–Kier alpha value is -2.54.